The van der Waals surface area contributed by atoms with Crippen LogP contribution in [0.5, 0.6) is 0 Å². The molecule has 4 heteroatoms. The number of amides is 1. The van der Waals surface area contributed by atoms with E-state index in [1.54, 1.807) is 6.92 Å². The van der Waals surface area contributed by atoms with Crippen molar-refractivity contribution in [3.05, 3.63) is 0 Å². The summed E-state index contributed by atoms with van der Waals surface area (Å²) in [6.45, 7) is 6.15. The summed E-state index contributed by atoms with van der Waals surface area (Å²) < 4.78 is 4.68. The summed E-state index contributed by atoms with van der Waals surface area (Å²) in [7, 11) is 1.47. The number of rotatable bonds is 7. The molecule has 1 N–H and O–H groups in total. The van der Waals surface area contributed by atoms with Crippen LogP contribution in [0.2, 0.25) is 0 Å². The summed E-state index contributed by atoms with van der Waals surface area (Å²) in [6.07, 6.45) is 0.808. The van der Waals surface area contributed by atoms with Crippen LogP contribution in [-0.2, 0) is 14.3 Å². The Hall–Kier alpha value is -0.900. The first-order chi connectivity index (χ1) is 6.97. The standard InChI is InChI=1S/C11H21NO3/c1-8(2)5-10(9(3)13)6-12-11(14)7-15-4/h8,10H,5-7H2,1-4H3,(H,12,14)/t10-/m0/s1. The maximum absolute atomic E-state index is 11.3. The quantitative estimate of drug-likeness (QED) is 0.689. The van der Waals surface area contributed by atoms with E-state index in [0.29, 0.717) is 12.5 Å². The fourth-order valence-corrected chi connectivity index (χ4v) is 1.38. The SMILES string of the molecule is COCC(=O)NC[C@H](CC(C)C)C(C)=O. The van der Waals surface area contributed by atoms with Gasteiger partial charge in [-0.2, -0.15) is 0 Å². The van der Waals surface area contributed by atoms with E-state index in [1.165, 1.54) is 7.11 Å². The molecule has 88 valence electrons. The second kappa shape index (κ2) is 7.40. The van der Waals surface area contributed by atoms with Gasteiger partial charge >= 0.3 is 0 Å². The van der Waals surface area contributed by atoms with Crippen LogP contribution in [0.4, 0.5) is 0 Å². The number of Topliss-reactive ketones (excluding diaryl/α,β-unsaturated/α-hetero) is 1. The average Bonchev–Trinajstić information content (AvgIpc) is 2.11. The van der Waals surface area contributed by atoms with Gasteiger partial charge in [-0.1, -0.05) is 13.8 Å². The molecule has 4 nitrogen and oxygen atoms in total. The Balaban J connectivity index is 3.96. The molecule has 0 rings (SSSR count). The van der Waals surface area contributed by atoms with Crippen LogP contribution < -0.4 is 5.32 Å². The Labute approximate surface area is 91.4 Å². The Bertz CT molecular complexity index is 214. The van der Waals surface area contributed by atoms with Crippen LogP contribution in [0.25, 0.3) is 0 Å². The van der Waals surface area contributed by atoms with Crippen LogP contribution in [0.1, 0.15) is 27.2 Å². The lowest BCUT2D eigenvalue weighted by molar-refractivity contribution is -0.125. The van der Waals surface area contributed by atoms with Crippen molar-refractivity contribution in [2.24, 2.45) is 11.8 Å². The predicted molar refractivity (Wildman–Crippen MR) is 58.5 cm³/mol. The molecule has 0 aromatic heterocycles. The van der Waals surface area contributed by atoms with Crippen molar-refractivity contribution < 1.29 is 14.3 Å². The number of nitrogens with one attached hydrogen (secondary N) is 1. The first-order valence-corrected chi connectivity index (χ1v) is 5.23. The molecule has 0 aromatic rings. The molecule has 0 heterocycles. The molecule has 15 heavy (non-hydrogen) atoms. The fraction of sp³-hybridized carbons (Fsp3) is 0.818. The van der Waals surface area contributed by atoms with Gasteiger partial charge in [0.05, 0.1) is 0 Å². The highest BCUT2D eigenvalue weighted by Gasteiger charge is 2.16. The molecule has 0 unspecified atom stereocenters. The number of carbonyl (C=O) groups is 2. The molecule has 0 aliphatic carbocycles. The number of ether oxygens (including phenoxy) is 1. The first kappa shape index (κ1) is 14.1. The fourth-order valence-electron chi connectivity index (χ4n) is 1.38. The second-order valence-electron chi connectivity index (χ2n) is 4.17. The Morgan fingerprint density at radius 2 is 1.93 bits per heavy atom. The van der Waals surface area contributed by atoms with Crippen LogP contribution in [0.15, 0.2) is 0 Å². The van der Waals surface area contributed by atoms with Crippen molar-refractivity contribution in [3.8, 4) is 0 Å². The van der Waals surface area contributed by atoms with Crippen LogP contribution in [-0.4, -0.2) is 32.0 Å². The Morgan fingerprint density at radius 1 is 1.33 bits per heavy atom. The third-order valence-electron chi connectivity index (χ3n) is 2.15. The van der Waals surface area contributed by atoms with E-state index in [9.17, 15) is 9.59 Å². The zero-order valence-electron chi connectivity index (χ0n) is 10.0. The van der Waals surface area contributed by atoms with Gasteiger partial charge in [0.1, 0.15) is 12.4 Å². The Kier molecular flexibility index (Phi) is 6.96. The minimum atomic E-state index is -0.174. The zero-order chi connectivity index (χ0) is 11.8. The van der Waals surface area contributed by atoms with Gasteiger partial charge in [0.15, 0.2) is 0 Å². The molecule has 0 radical (unpaired) electrons. The first-order valence-electron chi connectivity index (χ1n) is 5.23. The molecule has 0 fully saturated rings. The van der Waals surface area contributed by atoms with Gasteiger partial charge in [0, 0.05) is 19.6 Å². The van der Waals surface area contributed by atoms with E-state index in [0.717, 1.165) is 6.42 Å². The van der Waals surface area contributed by atoms with E-state index in [-0.39, 0.29) is 24.2 Å². The largest absolute Gasteiger partial charge is 0.375 e. The summed E-state index contributed by atoms with van der Waals surface area (Å²) in [6, 6.07) is 0. The number of methoxy groups -OCH3 is 1. The van der Waals surface area contributed by atoms with E-state index >= 15 is 0 Å². The normalized spacial score (nSPS) is 12.6. The molecular weight excluding hydrogens is 194 g/mol. The number of hydrogen-bond acceptors (Lipinski definition) is 3. The van der Waals surface area contributed by atoms with E-state index in [4.69, 9.17) is 0 Å². The molecule has 0 aromatic carbocycles. The average molecular weight is 215 g/mol. The summed E-state index contributed by atoms with van der Waals surface area (Å²) >= 11 is 0. The number of ketones is 1. The molecule has 0 spiro atoms. The van der Waals surface area contributed by atoms with Crippen molar-refractivity contribution in [1.29, 1.82) is 0 Å². The second-order valence-corrected chi connectivity index (χ2v) is 4.17. The lowest BCUT2D eigenvalue weighted by atomic mass is 9.94. The van der Waals surface area contributed by atoms with Gasteiger partial charge in [-0.25, -0.2) is 0 Å². The summed E-state index contributed by atoms with van der Waals surface area (Å²) in [4.78, 5) is 22.4. The van der Waals surface area contributed by atoms with Gasteiger partial charge in [-0.05, 0) is 19.3 Å². The minimum absolute atomic E-state index is 0.0479. The summed E-state index contributed by atoms with van der Waals surface area (Å²) in [5, 5.41) is 2.69. The van der Waals surface area contributed by atoms with Crippen LogP contribution >= 0.6 is 0 Å². The van der Waals surface area contributed by atoms with E-state index < -0.39 is 0 Å². The summed E-state index contributed by atoms with van der Waals surface area (Å²) in [5.41, 5.74) is 0. The van der Waals surface area contributed by atoms with Crippen molar-refractivity contribution in [1.82, 2.24) is 5.32 Å². The monoisotopic (exact) mass is 215 g/mol. The molecule has 0 saturated carbocycles. The van der Waals surface area contributed by atoms with Gasteiger partial charge in [-0.15, -0.1) is 0 Å². The highest BCUT2D eigenvalue weighted by atomic mass is 16.5. The van der Waals surface area contributed by atoms with Gasteiger partial charge in [-0.3, -0.25) is 9.59 Å². The third kappa shape index (κ3) is 7.08. The maximum Gasteiger partial charge on any atom is 0.246 e. The van der Waals surface area contributed by atoms with Crippen molar-refractivity contribution in [3.63, 3.8) is 0 Å². The molecule has 0 saturated heterocycles. The number of carbonyl (C=O) groups excluding carboxylic acids is 2. The van der Waals surface area contributed by atoms with Crippen LogP contribution in [0, 0.1) is 11.8 Å². The van der Waals surface area contributed by atoms with Crippen molar-refractivity contribution in [2.45, 2.75) is 27.2 Å². The minimum Gasteiger partial charge on any atom is -0.375 e. The smallest absolute Gasteiger partial charge is 0.246 e. The Morgan fingerprint density at radius 3 is 2.33 bits per heavy atom. The highest BCUT2D eigenvalue weighted by molar-refractivity contribution is 5.81. The van der Waals surface area contributed by atoms with Gasteiger partial charge in [0.2, 0.25) is 5.91 Å². The van der Waals surface area contributed by atoms with E-state index in [2.05, 4.69) is 23.9 Å². The lowest BCUT2D eigenvalue weighted by Crippen LogP contribution is -2.34. The highest BCUT2D eigenvalue weighted by Crippen LogP contribution is 2.11. The third-order valence-corrected chi connectivity index (χ3v) is 2.15. The molecular formula is C11H21NO3. The number of hydrogen-bond donors (Lipinski definition) is 1. The van der Waals surface area contributed by atoms with Gasteiger partial charge in [0.25, 0.3) is 0 Å². The van der Waals surface area contributed by atoms with Crippen molar-refractivity contribution in [2.75, 3.05) is 20.3 Å². The van der Waals surface area contributed by atoms with Crippen molar-refractivity contribution >= 4 is 11.7 Å². The predicted octanol–water partition coefficient (Wildman–Crippen LogP) is 1.00. The molecule has 1 atom stereocenters. The maximum atomic E-state index is 11.3. The van der Waals surface area contributed by atoms with E-state index in [1.807, 2.05) is 0 Å². The van der Waals surface area contributed by atoms with Gasteiger partial charge < -0.3 is 10.1 Å². The summed E-state index contributed by atoms with van der Waals surface area (Å²) in [5.74, 6) is 0.331. The lowest BCUT2D eigenvalue weighted by Gasteiger charge is -2.16. The molecule has 0 aliphatic rings. The molecule has 1 amide bonds. The molecule has 0 bridgehead atoms. The zero-order valence-corrected chi connectivity index (χ0v) is 10.0. The topological polar surface area (TPSA) is 55.4 Å². The molecule has 0 aliphatic heterocycles. The van der Waals surface area contributed by atoms with Crippen LogP contribution in [0.3, 0.4) is 0 Å².